The van der Waals surface area contributed by atoms with E-state index in [1.807, 2.05) is 11.8 Å². The molecule has 1 aromatic rings. The van der Waals surface area contributed by atoms with Gasteiger partial charge in [0.25, 0.3) is 0 Å². The van der Waals surface area contributed by atoms with Gasteiger partial charge in [0.05, 0.1) is 0 Å². The summed E-state index contributed by atoms with van der Waals surface area (Å²) in [6.07, 6.45) is 0. The highest BCUT2D eigenvalue weighted by Crippen LogP contribution is 2.56. The molecule has 0 radical (unpaired) electrons. The van der Waals surface area contributed by atoms with Gasteiger partial charge in [-0.25, -0.2) is 0 Å². The standard InChI is InChI=1S/C13H18S/c1-9-6-7-10-11(8-9)14-13(4,5)12(10,2)3/h6-8H,1-5H3. The highest BCUT2D eigenvalue weighted by molar-refractivity contribution is 8.01. The van der Waals surface area contributed by atoms with E-state index in [1.165, 1.54) is 16.0 Å². The zero-order valence-electron chi connectivity index (χ0n) is 9.64. The molecular formula is C13H18S. The van der Waals surface area contributed by atoms with Crippen molar-refractivity contribution in [3.8, 4) is 0 Å². The molecule has 0 saturated carbocycles. The second-order valence-electron chi connectivity index (χ2n) is 5.24. The van der Waals surface area contributed by atoms with E-state index < -0.39 is 0 Å². The van der Waals surface area contributed by atoms with Gasteiger partial charge in [-0.1, -0.05) is 26.0 Å². The molecule has 0 atom stereocenters. The summed E-state index contributed by atoms with van der Waals surface area (Å²) in [5.74, 6) is 0. The Morgan fingerprint density at radius 3 is 2.36 bits per heavy atom. The molecule has 1 aliphatic rings. The number of rotatable bonds is 0. The fourth-order valence-corrected chi connectivity index (χ4v) is 3.55. The van der Waals surface area contributed by atoms with Crippen molar-refractivity contribution in [3.05, 3.63) is 29.3 Å². The van der Waals surface area contributed by atoms with Crippen molar-refractivity contribution in [3.63, 3.8) is 0 Å². The maximum absolute atomic E-state index is 2.35. The number of hydrogen-bond acceptors (Lipinski definition) is 1. The first-order valence-corrected chi connectivity index (χ1v) is 5.96. The molecule has 0 aliphatic carbocycles. The molecule has 1 aromatic carbocycles. The smallest absolute Gasteiger partial charge is 0.0242 e. The van der Waals surface area contributed by atoms with Crippen molar-refractivity contribution >= 4 is 11.8 Å². The molecule has 0 N–H and O–H groups in total. The van der Waals surface area contributed by atoms with Crippen LogP contribution in [-0.2, 0) is 5.41 Å². The molecule has 0 unspecified atom stereocenters. The molecule has 14 heavy (non-hydrogen) atoms. The van der Waals surface area contributed by atoms with Gasteiger partial charge in [-0.3, -0.25) is 0 Å². The van der Waals surface area contributed by atoms with Gasteiger partial charge in [0, 0.05) is 15.1 Å². The van der Waals surface area contributed by atoms with E-state index in [-0.39, 0.29) is 5.41 Å². The van der Waals surface area contributed by atoms with Gasteiger partial charge >= 0.3 is 0 Å². The molecule has 0 fully saturated rings. The second kappa shape index (κ2) is 2.79. The fourth-order valence-electron chi connectivity index (χ4n) is 1.96. The number of hydrogen-bond donors (Lipinski definition) is 0. The lowest BCUT2D eigenvalue weighted by Crippen LogP contribution is -2.35. The fraction of sp³-hybridized carbons (Fsp3) is 0.538. The lowest BCUT2D eigenvalue weighted by Gasteiger charge is -2.34. The molecule has 0 amide bonds. The largest absolute Gasteiger partial charge is 0.119 e. The monoisotopic (exact) mass is 206 g/mol. The summed E-state index contributed by atoms with van der Waals surface area (Å²) in [7, 11) is 0. The van der Waals surface area contributed by atoms with Crippen LogP contribution in [0.25, 0.3) is 0 Å². The summed E-state index contributed by atoms with van der Waals surface area (Å²) >= 11 is 2.01. The number of benzene rings is 1. The third kappa shape index (κ3) is 1.22. The summed E-state index contributed by atoms with van der Waals surface area (Å²) in [5.41, 5.74) is 3.16. The van der Waals surface area contributed by atoms with Gasteiger partial charge in [-0.15, -0.1) is 11.8 Å². The van der Waals surface area contributed by atoms with Gasteiger partial charge in [-0.05, 0) is 38.0 Å². The first-order chi connectivity index (χ1) is 6.34. The second-order valence-corrected chi connectivity index (χ2v) is 6.90. The summed E-state index contributed by atoms with van der Waals surface area (Å²) in [5, 5.41) is 0. The Bertz CT molecular complexity index is 375. The highest BCUT2D eigenvalue weighted by atomic mass is 32.2. The minimum atomic E-state index is 0.278. The minimum Gasteiger partial charge on any atom is -0.119 e. The van der Waals surface area contributed by atoms with Gasteiger partial charge < -0.3 is 0 Å². The van der Waals surface area contributed by atoms with E-state index in [0.717, 1.165) is 0 Å². The zero-order chi connectivity index (χ0) is 10.6. The molecule has 1 heteroatoms. The molecule has 76 valence electrons. The molecule has 0 nitrogen and oxygen atoms in total. The number of thioether (sulfide) groups is 1. The Morgan fingerprint density at radius 1 is 1.07 bits per heavy atom. The van der Waals surface area contributed by atoms with Crippen LogP contribution in [-0.4, -0.2) is 4.75 Å². The number of aryl methyl sites for hydroxylation is 1. The predicted molar refractivity (Wildman–Crippen MR) is 64.1 cm³/mol. The maximum atomic E-state index is 2.35. The van der Waals surface area contributed by atoms with Crippen molar-refractivity contribution in [1.82, 2.24) is 0 Å². The SMILES string of the molecule is Cc1ccc2c(c1)SC(C)(C)C2(C)C. The molecule has 2 rings (SSSR count). The van der Waals surface area contributed by atoms with Gasteiger partial charge in [0.15, 0.2) is 0 Å². The van der Waals surface area contributed by atoms with E-state index >= 15 is 0 Å². The molecular weight excluding hydrogens is 188 g/mol. The summed E-state index contributed by atoms with van der Waals surface area (Å²) in [6, 6.07) is 6.84. The van der Waals surface area contributed by atoms with Crippen LogP contribution >= 0.6 is 11.8 Å². The van der Waals surface area contributed by atoms with Crippen molar-refractivity contribution in [2.45, 2.75) is 49.7 Å². The lowest BCUT2D eigenvalue weighted by atomic mass is 9.75. The van der Waals surface area contributed by atoms with Crippen molar-refractivity contribution in [2.24, 2.45) is 0 Å². The lowest BCUT2D eigenvalue weighted by molar-refractivity contribution is 0.421. The Morgan fingerprint density at radius 2 is 1.71 bits per heavy atom. The van der Waals surface area contributed by atoms with E-state index in [9.17, 15) is 0 Å². The average Bonchev–Trinajstić information content (AvgIpc) is 2.18. The molecule has 1 aliphatic heterocycles. The van der Waals surface area contributed by atoms with E-state index in [1.54, 1.807) is 0 Å². The zero-order valence-corrected chi connectivity index (χ0v) is 10.5. The Kier molecular flexibility index (Phi) is 2.01. The van der Waals surface area contributed by atoms with Crippen LogP contribution in [0.3, 0.4) is 0 Å². The normalized spacial score (nSPS) is 22.1. The predicted octanol–water partition coefficient (Wildman–Crippen LogP) is 4.16. The van der Waals surface area contributed by atoms with Crippen molar-refractivity contribution in [2.75, 3.05) is 0 Å². The van der Waals surface area contributed by atoms with Crippen molar-refractivity contribution < 1.29 is 0 Å². The topological polar surface area (TPSA) is 0 Å². The molecule has 0 saturated heterocycles. The van der Waals surface area contributed by atoms with Crippen LogP contribution in [0.5, 0.6) is 0 Å². The number of fused-ring (bicyclic) bond motifs is 1. The van der Waals surface area contributed by atoms with Crippen LogP contribution in [0.2, 0.25) is 0 Å². The minimum absolute atomic E-state index is 0.278. The first-order valence-electron chi connectivity index (χ1n) is 5.15. The maximum Gasteiger partial charge on any atom is 0.0242 e. The molecule has 1 heterocycles. The molecule has 0 bridgehead atoms. The van der Waals surface area contributed by atoms with E-state index in [0.29, 0.717) is 4.75 Å². The Balaban J connectivity index is 2.60. The molecule has 0 spiro atoms. The van der Waals surface area contributed by atoms with Crippen LogP contribution < -0.4 is 0 Å². The van der Waals surface area contributed by atoms with Gasteiger partial charge in [-0.2, -0.15) is 0 Å². The summed E-state index contributed by atoms with van der Waals surface area (Å²) in [4.78, 5) is 1.47. The summed E-state index contributed by atoms with van der Waals surface area (Å²) in [6.45, 7) is 11.5. The van der Waals surface area contributed by atoms with Crippen LogP contribution in [0.4, 0.5) is 0 Å². The van der Waals surface area contributed by atoms with Crippen LogP contribution in [0.15, 0.2) is 23.1 Å². The van der Waals surface area contributed by atoms with Gasteiger partial charge in [0.2, 0.25) is 0 Å². The van der Waals surface area contributed by atoms with Crippen LogP contribution in [0.1, 0.15) is 38.8 Å². The quantitative estimate of drug-likeness (QED) is 0.614. The average molecular weight is 206 g/mol. The third-order valence-electron chi connectivity index (χ3n) is 3.68. The van der Waals surface area contributed by atoms with Gasteiger partial charge in [0.1, 0.15) is 0 Å². The Labute approximate surface area is 91.1 Å². The summed E-state index contributed by atoms with van der Waals surface area (Å²) < 4.78 is 0.309. The van der Waals surface area contributed by atoms with Crippen molar-refractivity contribution in [1.29, 1.82) is 0 Å². The van der Waals surface area contributed by atoms with E-state index in [4.69, 9.17) is 0 Å². The molecule has 0 aromatic heterocycles. The van der Waals surface area contributed by atoms with E-state index in [2.05, 4.69) is 52.8 Å². The van der Waals surface area contributed by atoms with Crippen LogP contribution in [0, 0.1) is 6.92 Å². The third-order valence-corrected chi connectivity index (χ3v) is 5.26. The first kappa shape index (κ1) is 10.1. The highest BCUT2D eigenvalue weighted by Gasteiger charge is 2.46. The Hall–Kier alpha value is -0.430.